The number of carbonyl (C=O) groups is 1. The first kappa shape index (κ1) is 20.2. The molecule has 7 nitrogen and oxygen atoms in total. The normalized spacial score (nSPS) is 13.8. The number of ether oxygens (including phenoxy) is 2. The van der Waals surface area contributed by atoms with E-state index in [1.165, 1.54) is 17.0 Å². The van der Waals surface area contributed by atoms with E-state index in [-0.39, 0.29) is 23.4 Å². The van der Waals surface area contributed by atoms with Crippen LogP contribution in [0.5, 0.6) is 11.5 Å². The number of sulfonamides is 1. The summed E-state index contributed by atoms with van der Waals surface area (Å²) in [7, 11) is 1.14. The van der Waals surface area contributed by atoms with Gasteiger partial charge in [0.1, 0.15) is 0 Å². The van der Waals surface area contributed by atoms with Gasteiger partial charge in [0, 0.05) is 30.8 Å². The molecule has 0 radical (unpaired) electrons. The van der Waals surface area contributed by atoms with Gasteiger partial charge >= 0.3 is 0 Å². The van der Waals surface area contributed by atoms with Gasteiger partial charge in [0.15, 0.2) is 11.5 Å². The smallest absolute Gasteiger partial charge is 0.253 e. The predicted molar refractivity (Wildman–Crippen MR) is 105 cm³/mol. The van der Waals surface area contributed by atoms with Gasteiger partial charge in [-0.25, -0.2) is 13.1 Å². The molecule has 150 valence electrons. The van der Waals surface area contributed by atoms with Crippen molar-refractivity contribution in [2.24, 2.45) is 0 Å². The first-order valence-corrected chi connectivity index (χ1v) is 10.4. The second-order valence-electron chi connectivity index (χ2n) is 6.74. The largest absolute Gasteiger partial charge is 0.493 e. The molecule has 2 aromatic rings. The lowest BCUT2D eigenvalue weighted by molar-refractivity contribution is 0.0783. The maximum absolute atomic E-state index is 12.9. The Kier molecular flexibility index (Phi) is 5.90. The average molecular weight is 404 g/mol. The zero-order valence-corrected chi connectivity index (χ0v) is 17.0. The van der Waals surface area contributed by atoms with E-state index in [0.29, 0.717) is 17.1 Å². The minimum atomic E-state index is -3.61. The molecular weight excluding hydrogens is 380 g/mol. The first-order chi connectivity index (χ1) is 13.4. The number of nitrogens with one attached hydrogen (secondary N) is 1. The zero-order valence-electron chi connectivity index (χ0n) is 16.1. The summed E-state index contributed by atoms with van der Waals surface area (Å²) in [6.45, 7) is 0.288. The van der Waals surface area contributed by atoms with Crippen LogP contribution in [0.1, 0.15) is 28.8 Å². The van der Waals surface area contributed by atoms with Gasteiger partial charge in [0.05, 0.1) is 19.1 Å². The van der Waals surface area contributed by atoms with Gasteiger partial charge < -0.3 is 14.4 Å². The Hall–Kier alpha value is -2.58. The summed E-state index contributed by atoms with van der Waals surface area (Å²) in [4.78, 5) is 14.5. The maximum atomic E-state index is 12.9. The quantitative estimate of drug-likeness (QED) is 0.730. The molecule has 1 saturated carbocycles. The number of rotatable bonds is 8. The topological polar surface area (TPSA) is 84.9 Å². The van der Waals surface area contributed by atoms with Crippen LogP contribution in [0.2, 0.25) is 0 Å². The van der Waals surface area contributed by atoms with Crippen molar-refractivity contribution in [1.29, 1.82) is 0 Å². The van der Waals surface area contributed by atoms with E-state index in [9.17, 15) is 13.2 Å². The van der Waals surface area contributed by atoms with Crippen molar-refractivity contribution >= 4 is 15.9 Å². The second kappa shape index (κ2) is 8.20. The summed E-state index contributed by atoms with van der Waals surface area (Å²) in [5, 5.41) is 0. The maximum Gasteiger partial charge on any atom is 0.253 e. The number of nitrogens with zero attached hydrogens (tertiary/aromatic N) is 1. The van der Waals surface area contributed by atoms with Gasteiger partial charge in [-0.15, -0.1) is 0 Å². The fourth-order valence-corrected chi connectivity index (χ4v) is 4.26. The van der Waals surface area contributed by atoms with Crippen LogP contribution in [-0.2, 0) is 16.6 Å². The number of methoxy groups -OCH3 is 2. The fourth-order valence-electron chi connectivity index (χ4n) is 2.91. The molecule has 1 N–H and O–H groups in total. The van der Waals surface area contributed by atoms with Gasteiger partial charge in [-0.2, -0.15) is 0 Å². The van der Waals surface area contributed by atoms with Crippen LogP contribution in [0.25, 0.3) is 0 Å². The molecule has 0 atom stereocenters. The Balaban J connectivity index is 1.80. The number of amides is 1. The van der Waals surface area contributed by atoms with Crippen molar-refractivity contribution in [2.45, 2.75) is 30.3 Å². The molecule has 2 aromatic carbocycles. The van der Waals surface area contributed by atoms with Crippen LogP contribution in [-0.4, -0.2) is 46.5 Å². The number of hydrogen-bond acceptors (Lipinski definition) is 5. The van der Waals surface area contributed by atoms with Crippen molar-refractivity contribution in [3.05, 3.63) is 53.6 Å². The highest BCUT2D eigenvalue weighted by Gasteiger charge is 2.28. The molecule has 8 heteroatoms. The average Bonchev–Trinajstić information content (AvgIpc) is 3.50. The molecule has 1 amide bonds. The lowest BCUT2D eigenvalue weighted by Crippen LogP contribution is -2.28. The number of hydrogen-bond donors (Lipinski definition) is 1. The van der Waals surface area contributed by atoms with Crippen LogP contribution >= 0.6 is 0 Å². The molecule has 0 heterocycles. The van der Waals surface area contributed by atoms with Crippen LogP contribution in [0, 0.1) is 0 Å². The van der Waals surface area contributed by atoms with Crippen LogP contribution in [0.15, 0.2) is 47.4 Å². The van der Waals surface area contributed by atoms with E-state index in [4.69, 9.17) is 9.47 Å². The molecule has 0 aliphatic heterocycles. The summed E-state index contributed by atoms with van der Waals surface area (Å²) in [5.74, 6) is 0.864. The minimum Gasteiger partial charge on any atom is -0.493 e. The Morgan fingerprint density at radius 2 is 1.86 bits per heavy atom. The van der Waals surface area contributed by atoms with Gasteiger partial charge in [0.25, 0.3) is 5.91 Å². The molecule has 0 aromatic heterocycles. The van der Waals surface area contributed by atoms with Gasteiger partial charge in [-0.3, -0.25) is 4.79 Å². The molecule has 1 aliphatic rings. The molecule has 3 rings (SSSR count). The third-order valence-corrected chi connectivity index (χ3v) is 6.05. The fraction of sp³-hybridized carbons (Fsp3) is 0.350. The van der Waals surface area contributed by atoms with E-state index >= 15 is 0 Å². The Labute approximate surface area is 165 Å². The van der Waals surface area contributed by atoms with Gasteiger partial charge in [0.2, 0.25) is 10.0 Å². The van der Waals surface area contributed by atoms with E-state index in [1.54, 1.807) is 39.5 Å². The zero-order chi connectivity index (χ0) is 20.3. The van der Waals surface area contributed by atoms with E-state index in [2.05, 4.69) is 4.72 Å². The summed E-state index contributed by atoms with van der Waals surface area (Å²) >= 11 is 0. The number of benzene rings is 2. The van der Waals surface area contributed by atoms with E-state index in [0.717, 1.165) is 18.4 Å². The van der Waals surface area contributed by atoms with Crippen LogP contribution in [0.3, 0.4) is 0 Å². The molecule has 1 fully saturated rings. The van der Waals surface area contributed by atoms with E-state index in [1.807, 2.05) is 12.1 Å². The van der Waals surface area contributed by atoms with Crippen molar-refractivity contribution in [3.63, 3.8) is 0 Å². The minimum absolute atomic E-state index is 0.00700. The summed E-state index contributed by atoms with van der Waals surface area (Å²) < 4.78 is 38.1. The molecule has 0 spiro atoms. The Morgan fingerprint density at radius 1 is 1.14 bits per heavy atom. The van der Waals surface area contributed by atoms with Crippen molar-refractivity contribution in [1.82, 2.24) is 9.62 Å². The Morgan fingerprint density at radius 3 is 2.50 bits per heavy atom. The summed E-state index contributed by atoms with van der Waals surface area (Å²) in [6.07, 6.45) is 1.70. The first-order valence-electron chi connectivity index (χ1n) is 8.93. The van der Waals surface area contributed by atoms with Crippen molar-refractivity contribution < 1.29 is 22.7 Å². The number of para-hydroxylation sites is 1. The molecule has 0 unspecified atom stereocenters. The highest BCUT2D eigenvalue weighted by atomic mass is 32.2. The third kappa shape index (κ3) is 4.45. The monoisotopic (exact) mass is 404 g/mol. The van der Waals surface area contributed by atoms with Gasteiger partial charge in [-0.1, -0.05) is 18.2 Å². The van der Waals surface area contributed by atoms with Crippen LogP contribution in [0.4, 0.5) is 0 Å². The van der Waals surface area contributed by atoms with E-state index < -0.39 is 10.0 Å². The lowest BCUT2D eigenvalue weighted by Gasteiger charge is -2.20. The summed E-state index contributed by atoms with van der Waals surface area (Å²) in [5.41, 5.74) is 1.10. The van der Waals surface area contributed by atoms with Crippen LogP contribution < -0.4 is 14.2 Å². The lowest BCUT2D eigenvalue weighted by atomic mass is 10.1. The predicted octanol–water partition coefficient (Wildman–Crippen LogP) is 2.42. The third-order valence-electron chi connectivity index (χ3n) is 4.53. The van der Waals surface area contributed by atoms with Gasteiger partial charge in [-0.05, 0) is 37.1 Å². The van der Waals surface area contributed by atoms with Crippen molar-refractivity contribution in [2.75, 3.05) is 21.3 Å². The molecule has 1 aliphatic carbocycles. The SMILES string of the molecule is COc1cccc(CN(C)C(=O)c2cccc(S(=O)(=O)NC3CC3)c2)c1OC. The standard InChI is InChI=1S/C20H24N2O5S/c1-22(13-15-7-5-9-18(26-2)19(15)27-3)20(23)14-6-4-8-17(12-14)28(24,25)21-16-10-11-16/h4-9,12,16,21H,10-11,13H2,1-3H3. The Bertz CT molecular complexity index is 970. The molecule has 0 saturated heterocycles. The highest BCUT2D eigenvalue weighted by Crippen LogP contribution is 2.31. The highest BCUT2D eigenvalue weighted by molar-refractivity contribution is 7.89. The van der Waals surface area contributed by atoms with Crippen molar-refractivity contribution in [3.8, 4) is 11.5 Å². The summed E-state index contributed by atoms with van der Waals surface area (Å²) in [6, 6.07) is 11.6. The number of carbonyl (C=O) groups excluding carboxylic acids is 1. The molecular formula is C20H24N2O5S. The molecule has 0 bridgehead atoms. The second-order valence-corrected chi connectivity index (χ2v) is 8.45. The molecule has 28 heavy (non-hydrogen) atoms.